The van der Waals surface area contributed by atoms with Crippen LogP contribution in [-0.2, 0) is 4.74 Å². The first kappa shape index (κ1) is 14.8. The van der Waals surface area contributed by atoms with E-state index >= 15 is 0 Å². The summed E-state index contributed by atoms with van der Waals surface area (Å²) in [5.74, 6) is 0. The first-order valence-corrected chi connectivity index (χ1v) is 9.14. The number of thioether (sulfide) groups is 1. The molecule has 0 saturated carbocycles. The van der Waals surface area contributed by atoms with Gasteiger partial charge in [0.05, 0.1) is 5.69 Å². The van der Waals surface area contributed by atoms with Crippen molar-refractivity contribution in [1.82, 2.24) is 9.97 Å². The summed E-state index contributed by atoms with van der Waals surface area (Å²) in [6.07, 6.45) is 8.02. The third-order valence-electron chi connectivity index (χ3n) is 3.86. The topological polar surface area (TPSA) is 47.0 Å². The van der Waals surface area contributed by atoms with Crippen LogP contribution in [0.5, 0.6) is 0 Å². The molecule has 1 aliphatic rings. The molecule has 0 unspecified atom stereocenters. The van der Waals surface area contributed by atoms with E-state index in [0.29, 0.717) is 0 Å². The van der Waals surface area contributed by atoms with E-state index in [2.05, 4.69) is 26.9 Å². The first-order valence-electron chi connectivity index (χ1n) is 7.04. The molecule has 6 heteroatoms. The van der Waals surface area contributed by atoms with Crippen molar-refractivity contribution < 1.29 is 4.74 Å². The van der Waals surface area contributed by atoms with Crippen LogP contribution in [0, 0.1) is 0 Å². The van der Waals surface area contributed by atoms with Gasteiger partial charge in [0.25, 0.3) is 0 Å². The summed E-state index contributed by atoms with van der Waals surface area (Å²) in [5, 5.41) is 6.57. The molecule has 0 amide bonds. The van der Waals surface area contributed by atoms with Gasteiger partial charge in [-0.3, -0.25) is 4.98 Å². The zero-order chi connectivity index (χ0) is 14.5. The van der Waals surface area contributed by atoms with Crippen molar-refractivity contribution in [3.05, 3.63) is 29.9 Å². The van der Waals surface area contributed by atoms with Gasteiger partial charge in [-0.2, -0.15) is 11.8 Å². The number of nitrogens with zero attached hydrogens (tertiary/aromatic N) is 2. The smallest absolute Gasteiger partial charge is 0.183 e. The van der Waals surface area contributed by atoms with E-state index in [1.807, 2.05) is 30.1 Å². The SMILES string of the molecule is CSC1(CNc2nc(-c3cccnc3)cs2)CCOCC1. The number of hydrogen-bond donors (Lipinski definition) is 1. The lowest BCUT2D eigenvalue weighted by atomic mass is 9.99. The number of thiazole rings is 1. The van der Waals surface area contributed by atoms with Gasteiger partial charge in [0, 0.05) is 47.8 Å². The van der Waals surface area contributed by atoms with Crippen molar-refractivity contribution >= 4 is 28.2 Å². The second-order valence-corrected chi connectivity index (χ2v) is 7.27. The molecular formula is C15H19N3OS2. The number of ether oxygens (including phenoxy) is 1. The molecule has 1 N–H and O–H groups in total. The number of nitrogens with one attached hydrogen (secondary N) is 1. The monoisotopic (exact) mass is 321 g/mol. The maximum atomic E-state index is 5.48. The minimum Gasteiger partial charge on any atom is -0.381 e. The third kappa shape index (κ3) is 3.56. The molecule has 1 saturated heterocycles. The normalized spacial score (nSPS) is 17.6. The molecule has 0 bridgehead atoms. The summed E-state index contributed by atoms with van der Waals surface area (Å²) in [6.45, 7) is 2.67. The van der Waals surface area contributed by atoms with E-state index in [-0.39, 0.29) is 4.75 Å². The number of anilines is 1. The highest BCUT2D eigenvalue weighted by molar-refractivity contribution is 8.00. The van der Waals surface area contributed by atoms with Crippen LogP contribution in [0.25, 0.3) is 11.3 Å². The molecule has 3 heterocycles. The average Bonchev–Trinajstić information content (AvgIpc) is 3.04. The maximum Gasteiger partial charge on any atom is 0.183 e. The number of pyridine rings is 1. The Hall–Kier alpha value is -1.11. The molecule has 2 aromatic rings. The van der Waals surface area contributed by atoms with Gasteiger partial charge < -0.3 is 10.1 Å². The van der Waals surface area contributed by atoms with Gasteiger partial charge in [-0.1, -0.05) is 0 Å². The second kappa shape index (κ2) is 6.77. The van der Waals surface area contributed by atoms with Crippen LogP contribution in [-0.4, -0.2) is 40.7 Å². The summed E-state index contributed by atoms with van der Waals surface area (Å²) in [7, 11) is 0. The Morgan fingerprint density at radius 3 is 3.00 bits per heavy atom. The number of hydrogen-bond acceptors (Lipinski definition) is 6. The van der Waals surface area contributed by atoms with E-state index in [9.17, 15) is 0 Å². The molecule has 0 spiro atoms. The standard InChI is InChI=1S/C15H19N3OS2/c1-20-15(4-7-19-8-5-15)11-17-14-18-13(10-21-14)12-3-2-6-16-9-12/h2-3,6,9-10H,4-5,7-8,11H2,1H3,(H,17,18). The molecular weight excluding hydrogens is 302 g/mol. The number of rotatable bonds is 5. The molecule has 0 aromatic carbocycles. The van der Waals surface area contributed by atoms with Gasteiger partial charge >= 0.3 is 0 Å². The Morgan fingerprint density at radius 1 is 1.43 bits per heavy atom. The Balaban J connectivity index is 1.65. The molecule has 0 aliphatic carbocycles. The third-order valence-corrected chi connectivity index (χ3v) is 6.08. The summed E-state index contributed by atoms with van der Waals surface area (Å²) < 4.78 is 5.76. The minimum absolute atomic E-state index is 0.276. The van der Waals surface area contributed by atoms with Crippen molar-refractivity contribution in [3.63, 3.8) is 0 Å². The summed E-state index contributed by atoms with van der Waals surface area (Å²) in [6, 6.07) is 3.97. The van der Waals surface area contributed by atoms with E-state index in [1.165, 1.54) is 0 Å². The molecule has 0 atom stereocenters. The van der Waals surface area contributed by atoms with Crippen molar-refractivity contribution in [2.75, 3.05) is 31.3 Å². The molecule has 1 fully saturated rings. The summed E-state index contributed by atoms with van der Waals surface area (Å²) in [4.78, 5) is 8.80. The van der Waals surface area contributed by atoms with Crippen LogP contribution in [0.15, 0.2) is 29.9 Å². The van der Waals surface area contributed by atoms with E-state index in [0.717, 1.165) is 49.0 Å². The van der Waals surface area contributed by atoms with Crippen LogP contribution in [0.4, 0.5) is 5.13 Å². The Labute approximate surface area is 133 Å². The minimum atomic E-state index is 0.276. The van der Waals surface area contributed by atoms with Gasteiger partial charge in [-0.05, 0) is 31.2 Å². The predicted molar refractivity (Wildman–Crippen MR) is 90.1 cm³/mol. The molecule has 1 aliphatic heterocycles. The van der Waals surface area contributed by atoms with Crippen LogP contribution in [0.2, 0.25) is 0 Å². The maximum absolute atomic E-state index is 5.48. The second-order valence-electron chi connectivity index (χ2n) is 5.13. The Bertz CT molecular complexity index is 567. The molecule has 0 radical (unpaired) electrons. The lowest BCUT2D eigenvalue weighted by molar-refractivity contribution is 0.0802. The Morgan fingerprint density at radius 2 is 2.29 bits per heavy atom. The fourth-order valence-corrected chi connectivity index (χ4v) is 3.94. The quantitative estimate of drug-likeness (QED) is 0.913. The van der Waals surface area contributed by atoms with Gasteiger partial charge in [-0.15, -0.1) is 11.3 Å². The molecule has 3 rings (SSSR count). The molecule has 21 heavy (non-hydrogen) atoms. The van der Waals surface area contributed by atoms with Gasteiger partial charge in [0.1, 0.15) is 0 Å². The van der Waals surface area contributed by atoms with Crippen molar-refractivity contribution in [3.8, 4) is 11.3 Å². The van der Waals surface area contributed by atoms with Crippen molar-refractivity contribution in [1.29, 1.82) is 0 Å². The van der Waals surface area contributed by atoms with Crippen LogP contribution >= 0.6 is 23.1 Å². The fraction of sp³-hybridized carbons (Fsp3) is 0.467. The summed E-state index contributed by atoms with van der Waals surface area (Å²) >= 11 is 3.59. The van der Waals surface area contributed by atoms with Crippen LogP contribution in [0.3, 0.4) is 0 Å². The van der Waals surface area contributed by atoms with E-state index in [1.54, 1.807) is 17.5 Å². The number of aromatic nitrogens is 2. The van der Waals surface area contributed by atoms with E-state index < -0.39 is 0 Å². The molecule has 2 aromatic heterocycles. The highest BCUT2D eigenvalue weighted by Gasteiger charge is 2.31. The largest absolute Gasteiger partial charge is 0.381 e. The lowest BCUT2D eigenvalue weighted by Crippen LogP contribution is -2.39. The van der Waals surface area contributed by atoms with Crippen molar-refractivity contribution in [2.24, 2.45) is 0 Å². The van der Waals surface area contributed by atoms with Crippen molar-refractivity contribution in [2.45, 2.75) is 17.6 Å². The molecule has 4 nitrogen and oxygen atoms in total. The zero-order valence-corrected chi connectivity index (χ0v) is 13.7. The zero-order valence-electron chi connectivity index (χ0n) is 12.0. The first-order chi connectivity index (χ1) is 10.3. The van der Waals surface area contributed by atoms with Gasteiger partial charge in [0.15, 0.2) is 5.13 Å². The van der Waals surface area contributed by atoms with Gasteiger partial charge in [-0.25, -0.2) is 4.98 Å². The van der Waals surface area contributed by atoms with E-state index in [4.69, 9.17) is 4.74 Å². The fourth-order valence-electron chi connectivity index (χ4n) is 2.43. The van der Waals surface area contributed by atoms with Gasteiger partial charge in [0.2, 0.25) is 0 Å². The molecule has 112 valence electrons. The Kier molecular flexibility index (Phi) is 4.77. The van der Waals surface area contributed by atoms with Crippen LogP contribution < -0.4 is 5.32 Å². The predicted octanol–water partition coefficient (Wildman–Crippen LogP) is 3.53. The summed E-state index contributed by atoms with van der Waals surface area (Å²) in [5.41, 5.74) is 2.05. The highest BCUT2D eigenvalue weighted by Crippen LogP contribution is 2.34. The average molecular weight is 321 g/mol. The highest BCUT2D eigenvalue weighted by atomic mass is 32.2. The van der Waals surface area contributed by atoms with Crippen LogP contribution in [0.1, 0.15) is 12.8 Å². The lowest BCUT2D eigenvalue weighted by Gasteiger charge is -2.35.